The molecule has 0 spiro atoms. The first-order chi connectivity index (χ1) is 10.1. The largest absolute Gasteiger partial charge is 0.437 e. The summed E-state index contributed by atoms with van der Waals surface area (Å²) < 4.78 is 5.65. The van der Waals surface area contributed by atoms with Crippen molar-refractivity contribution in [3.63, 3.8) is 0 Å². The molecule has 21 heavy (non-hydrogen) atoms. The van der Waals surface area contributed by atoms with Crippen LogP contribution in [0.4, 0.5) is 0 Å². The van der Waals surface area contributed by atoms with Crippen LogP contribution in [0, 0.1) is 5.41 Å². The van der Waals surface area contributed by atoms with E-state index in [-0.39, 0.29) is 5.84 Å². The lowest BCUT2D eigenvalue weighted by Gasteiger charge is -2.09. The fourth-order valence-corrected chi connectivity index (χ4v) is 2.16. The number of nitrogens with two attached hydrogens (primary N) is 1. The number of nitrogen functional groups attached to an aromatic ring is 1. The lowest BCUT2D eigenvalue weighted by Crippen LogP contribution is -2.12. The van der Waals surface area contributed by atoms with Gasteiger partial charge in [-0.05, 0) is 6.07 Å². The van der Waals surface area contributed by atoms with E-state index in [0.717, 1.165) is 5.39 Å². The number of aromatic nitrogens is 2. The number of hydrogen-bond donors (Lipinski definition) is 2. The van der Waals surface area contributed by atoms with Crippen molar-refractivity contribution < 1.29 is 4.74 Å². The molecule has 6 heteroatoms. The molecule has 3 aromatic rings. The van der Waals surface area contributed by atoms with E-state index < -0.39 is 0 Å². The molecule has 0 aliphatic rings. The van der Waals surface area contributed by atoms with Gasteiger partial charge in [-0.2, -0.15) is 0 Å². The highest BCUT2D eigenvalue weighted by atomic mass is 35.5. The van der Waals surface area contributed by atoms with Crippen LogP contribution in [0.1, 0.15) is 5.56 Å². The summed E-state index contributed by atoms with van der Waals surface area (Å²) >= 11 is 5.87. The number of halogens is 1. The quantitative estimate of drug-likeness (QED) is 0.573. The van der Waals surface area contributed by atoms with Gasteiger partial charge in [0.05, 0.1) is 16.7 Å². The number of pyridine rings is 2. The first-order valence-electron chi connectivity index (χ1n) is 6.16. The van der Waals surface area contributed by atoms with Gasteiger partial charge in [-0.1, -0.05) is 29.8 Å². The smallest absolute Gasteiger partial charge is 0.220 e. The van der Waals surface area contributed by atoms with Crippen LogP contribution in [0.3, 0.4) is 0 Å². The number of rotatable bonds is 3. The van der Waals surface area contributed by atoms with Crippen molar-refractivity contribution in [2.24, 2.45) is 5.73 Å². The van der Waals surface area contributed by atoms with Gasteiger partial charge in [-0.3, -0.25) is 10.4 Å². The molecule has 0 saturated carbocycles. The van der Waals surface area contributed by atoms with E-state index in [0.29, 0.717) is 27.7 Å². The molecule has 1 aromatic carbocycles. The average Bonchev–Trinajstić information content (AvgIpc) is 2.46. The highest BCUT2D eigenvalue weighted by Gasteiger charge is 2.09. The summed E-state index contributed by atoms with van der Waals surface area (Å²) in [5.41, 5.74) is 6.91. The second-order valence-electron chi connectivity index (χ2n) is 4.38. The SMILES string of the molecule is N=C(N)c1cc(Oc2cncc(Cl)c2)nc2ccccc12. The molecular weight excluding hydrogens is 288 g/mol. The maximum atomic E-state index is 7.69. The normalized spacial score (nSPS) is 10.5. The Kier molecular flexibility index (Phi) is 3.41. The third kappa shape index (κ3) is 2.78. The minimum atomic E-state index is -0.0392. The maximum absolute atomic E-state index is 7.69. The molecule has 0 atom stereocenters. The second-order valence-corrected chi connectivity index (χ2v) is 4.82. The third-order valence-electron chi connectivity index (χ3n) is 2.89. The van der Waals surface area contributed by atoms with Crippen LogP contribution >= 0.6 is 11.6 Å². The Balaban J connectivity index is 2.09. The molecule has 2 heterocycles. The molecule has 0 bridgehead atoms. The molecule has 0 aliphatic heterocycles. The molecule has 0 unspecified atom stereocenters. The number of nitrogens with one attached hydrogen (secondary N) is 1. The third-order valence-corrected chi connectivity index (χ3v) is 3.09. The first-order valence-corrected chi connectivity index (χ1v) is 6.54. The number of hydrogen-bond acceptors (Lipinski definition) is 4. The van der Waals surface area contributed by atoms with Crippen molar-refractivity contribution in [3.8, 4) is 11.6 Å². The van der Waals surface area contributed by atoms with Gasteiger partial charge in [0.1, 0.15) is 11.6 Å². The zero-order valence-corrected chi connectivity index (χ0v) is 11.6. The predicted octanol–water partition coefficient (Wildman–Crippen LogP) is 3.36. The van der Waals surface area contributed by atoms with Crippen molar-refractivity contribution in [2.45, 2.75) is 0 Å². The van der Waals surface area contributed by atoms with Crippen molar-refractivity contribution in [3.05, 3.63) is 59.4 Å². The summed E-state index contributed by atoms with van der Waals surface area (Å²) in [5.74, 6) is 0.769. The van der Waals surface area contributed by atoms with Crippen LogP contribution in [0.2, 0.25) is 5.02 Å². The fraction of sp³-hybridized carbons (Fsp3) is 0. The molecule has 0 saturated heterocycles. The summed E-state index contributed by atoms with van der Waals surface area (Å²) in [5, 5.41) is 8.97. The van der Waals surface area contributed by atoms with E-state index in [2.05, 4.69) is 9.97 Å². The molecular formula is C15H11ClN4O. The molecule has 0 radical (unpaired) electrons. The molecule has 0 aliphatic carbocycles. The van der Waals surface area contributed by atoms with E-state index in [1.54, 1.807) is 12.1 Å². The number of para-hydroxylation sites is 1. The molecule has 3 N–H and O–H groups in total. The number of benzene rings is 1. The summed E-state index contributed by atoms with van der Waals surface area (Å²) in [7, 11) is 0. The Morgan fingerprint density at radius 2 is 2.00 bits per heavy atom. The van der Waals surface area contributed by atoms with E-state index in [1.165, 1.54) is 12.4 Å². The van der Waals surface area contributed by atoms with Gasteiger partial charge in [0.25, 0.3) is 0 Å². The lowest BCUT2D eigenvalue weighted by molar-refractivity contribution is 0.463. The Hall–Kier alpha value is -2.66. The number of nitrogens with zero attached hydrogens (tertiary/aromatic N) is 2. The number of ether oxygens (including phenoxy) is 1. The summed E-state index contributed by atoms with van der Waals surface area (Å²) in [6, 6.07) is 10.7. The molecule has 3 rings (SSSR count). The van der Waals surface area contributed by atoms with Gasteiger partial charge in [0, 0.05) is 29.3 Å². The van der Waals surface area contributed by atoms with Gasteiger partial charge in [0.2, 0.25) is 5.88 Å². The van der Waals surface area contributed by atoms with Gasteiger partial charge in [0.15, 0.2) is 0 Å². The van der Waals surface area contributed by atoms with Crippen molar-refractivity contribution in [2.75, 3.05) is 0 Å². The Labute approximate surface area is 125 Å². The zero-order chi connectivity index (χ0) is 14.8. The molecule has 0 amide bonds. The van der Waals surface area contributed by atoms with Gasteiger partial charge in [-0.15, -0.1) is 0 Å². The summed E-state index contributed by atoms with van der Waals surface area (Å²) in [6.45, 7) is 0. The molecule has 0 fully saturated rings. The highest BCUT2D eigenvalue weighted by Crippen LogP contribution is 2.26. The first kappa shape index (κ1) is 13.3. The molecule has 104 valence electrons. The van der Waals surface area contributed by atoms with Crippen LogP contribution < -0.4 is 10.5 Å². The lowest BCUT2D eigenvalue weighted by atomic mass is 10.1. The minimum Gasteiger partial charge on any atom is -0.437 e. The van der Waals surface area contributed by atoms with Crippen LogP contribution in [-0.2, 0) is 0 Å². The van der Waals surface area contributed by atoms with Crippen molar-refractivity contribution in [1.29, 1.82) is 5.41 Å². The monoisotopic (exact) mass is 298 g/mol. The van der Waals surface area contributed by atoms with Gasteiger partial charge in [-0.25, -0.2) is 4.98 Å². The van der Waals surface area contributed by atoms with Gasteiger partial charge < -0.3 is 10.5 Å². The zero-order valence-electron chi connectivity index (χ0n) is 10.9. The van der Waals surface area contributed by atoms with Crippen LogP contribution in [-0.4, -0.2) is 15.8 Å². The van der Waals surface area contributed by atoms with Crippen molar-refractivity contribution >= 4 is 28.3 Å². The van der Waals surface area contributed by atoms with E-state index in [9.17, 15) is 0 Å². The topological polar surface area (TPSA) is 84.9 Å². The van der Waals surface area contributed by atoms with Crippen molar-refractivity contribution in [1.82, 2.24) is 9.97 Å². The number of fused-ring (bicyclic) bond motifs is 1. The van der Waals surface area contributed by atoms with Crippen LogP contribution in [0.5, 0.6) is 11.6 Å². The summed E-state index contributed by atoms with van der Waals surface area (Å²) in [6.07, 6.45) is 3.05. The van der Waals surface area contributed by atoms with Crippen LogP contribution in [0.25, 0.3) is 10.9 Å². The van der Waals surface area contributed by atoms with Crippen LogP contribution in [0.15, 0.2) is 48.8 Å². The van der Waals surface area contributed by atoms with E-state index in [4.69, 9.17) is 27.5 Å². The second kappa shape index (κ2) is 5.38. The molecule has 5 nitrogen and oxygen atoms in total. The average molecular weight is 299 g/mol. The Bertz CT molecular complexity index is 835. The Morgan fingerprint density at radius 1 is 1.19 bits per heavy atom. The fourth-order valence-electron chi connectivity index (χ4n) is 2.00. The summed E-state index contributed by atoms with van der Waals surface area (Å²) in [4.78, 5) is 8.35. The number of amidine groups is 1. The Morgan fingerprint density at radius 3 is 2.76 bits per heavy atom. The molecule has 2 aromatic heterocycles. The van der Waals surface area contributed by atoms with E-state index >= 15 is 0 Å². The van der Waals surface area contributed by atoms with E-state index in [1.807, 2.05) is 24.3 Å². The standard InChI is InChI=1S/C15H11ClN4O/c16-9-5-10(8-19-7-9)21-14-6-12(15(17)18)11-3-1-2-4-13(11)20-14/h1-8H,(H3,17,18). The van der Waals surface area contributed by atoms with Gasteiger partial charge >= 0.3 is 0 Å². The minimum absolute atomic E-state index is 0.0392. The predicted molar refractivity (Wildman–Crippen MR) is 82.1 cm³/mol. The maximum Gasteiger partial charge on any atom is 0.220 e. The highest BCUT2D eigenvalue weighted by molar-refractivity contribution is 6.30.